The average molecular weight is 418 g/mol. The molecule has 0 fully saturated rings. The Morgan fingerprint density at radius 2 is 1.90 bits per heavy atom. The standard InChI is InChI=1S/C23H20ClN5O/c1-15-14-17(10-11-25-15)16-6-8-18(9-7-16)26-23-27-22-21(30-13-12-29(22)28-23)19-4-2-3-5-20(19)24/h2-11,14,21H,12-13H2,1H3,(H,26,28). The second-order valence-electron chi connectivity index (χ2n) is 7.18. The van der Waals surface area contributed by atoms with Crippen LogP contribution in [0.15, 0.2) is 66.9 Å². The van der Waals surface area contributed by atoms with E-state index < -0.39 is 0 Å². The van der Waals surface area contributed by atoms with Gasteiger partial charge >= 0.3 is 0 Å². The number of halogens is 1. The maximum absolute atomic E-state index is 6.38. The molecule has 150 valence electrons. The van der Waals surface area contributed by atoms with Crippen molar-refractivity contribution in [3.8, 4) is 11.1 Å². The van der Waals surface area contributed by atoms with E-state index >= 15 is 0 Å². The van der Waals surface area contributed by atoms with E-state index in [4.69, 9.17) is 16.3 Å². The molecule has 4 aromatic rings. The van der Waals surface area contributed by atoms with Gasteiger partial charge in [-0.2, -0.15) is 4.98 Å². The number of benzene rings is 2. The molecule has 1 atom stereocenters. The monoisotopic (exact) mass is 417 g/mol. The highest BCUT2D eigenvalue weighted by Crippen LogP contribution is 2.33. The Balaban J connectivity index is 1.38. The molecule has 0 saturated heterocycles. The van der Waals surface area contributed by atoms with Gasteiger partial charge in [-0.05, 0) is 48.4 Å². The zero-order valence-electron chi connectivity index (χ0n) is 16.4. The van der Waals surface area contributed by atoms with Crippen LogP contribution in [0, 0.1) is 6.92 Å². The number of aromatic nitrogens is 4. The third-order valence-corrected chi connectivity index (χ3v) is 5.43. The molecule has 5 rings (SSSR count). The number of nitrogens with one attached hydrogen (secondary N) is 1. The molecular formula is C23H20ClN5O. The van der Waals surface area contributed by atoms with Gasteiger partial charge < -0.3 is 10.1 Å². The van der Waals surface area contributed by atoms with E-state index in [-0.39, 0.29) is 6.10 Å². The van der Waals surface area contributed by atoms with E-state index in [1.165, 1.54) is 0 Å². The third-order valence-electron chi connectivity index (χ3n) is 5.08. The quantitative estimate of drug-likeness (QED) is 0.496. The van der Waals surface area contributed by atoms with Crippen molar-refractivity contribution in [2.24, 2.45) is 0 Å². The molecule has 1 aliphatic heterocycles. The number of nitrogens with zero attached hydrogens (tertiary/aromatic N) is 4. The molecule has 1 unspecified atom stereocenters. The Hall–Kier alpha value is -3.22. The summed E-state index contributed by atoms with van der Waals surface area (Å²) >= 11 is 6.38. The summed E-state index contributed by atoms with van der Waals surface area (Å²) in [6.07, 6.45) is 1.50. The maximum Gasteiger partial charge on any atom is 0.246 e. The van der Waals surface area contributed by atoms with Crippen molar-refractivity contribution in [3.63, 3.8) is 0 Å². The van der Waals surface area contributed by atoms with Crippen molar-refractivity contribution < 1.29 is 4.74 Å². The van der Waals surface area contributed by atoms with Gasteiger partial charge in [0.25, 0.3) is 0 Å². The van der Waals surface area contributed by atoms with Crippen LogP contribution in [0.2, 0.25) is 5.02 Å². The first-order chi connectivity index (χ1) is 14.7. The minimum Gasteiger partial charge on any atom is -0.363 e. The summed E-state index contributed by atoms with van der Waals surface area (Å²) < 4.78 is 7.85. The number of hydrogen-bond acceptors (Lipinski definition) is 5. The van der Waals surface area contributed by atoms with Crippen LogP contribution in [0.25, 0.3) is 11.1 Å². The van der Waals surface area contributed by atoms with Gasteiger partial charge in [-0.1, -0.05) is 41.9 Å². The predicted octanol–water partition coefficient (Wildman–Crippen LogP) is 5.17. The zero-order valence-corrected chi connectivity index (χ0v) is 17.2. The third kappa shape index (κ3) is 3.67. The van der Waals surface area contributed by atoms with Crippen molar-refractivity contribution in [1.82, 2.24) is 19.7 Å². The molecular weight excluding hydrogens is 398 g/mol. The Kier molecular flexibility index (Phi) is 4.94. The first-order valence-corrected chi connectivity index (χ1v) is 10.2. The number of hydrogen-bond donors (Lipinski definition) is 1. The second kappa shape index (κ2) is 7.89. The summed E-state index contributed by atoms with van der Waals surface area (Å²) in [5, 5.41) is 8.56. The van der Waals surface area contributed by atoms with Crippen LogP contribution in [-0.2, 0) is 11.3 Å². The smallest absolute Gasteiger partial charge is 0.246 e. The van der Waals surface area contributed by atoms with Crippen LogP contribution >= 0.6 is 11.6 Å². The van der Waals surface area contributed by atoms with Gasteiger partial charge in [-0.15, -0.1) is 5.10 Å². The van der Waals surface area contributed by atoms with Gasteiger partial charge in [-0.25, -0.2) is 4.68 Å². The Morgan fingerprint density at radius 1 is 1.07 bits per heavy atom. The van der Waals surface area contributed by atoms with Gasteiger partial charge in [-0.3, -0.25) is 4.98 Å². The van der Waals surface area contributed by atoms with Crippen LogP contribution < -0.4 is 5.32 Å². The van der Waals surface area contributed by atoms with Gasteiger partial charge in [0.05, 0.1) is 13.2 Å². The van der Waals surface area contributed by atoms with E-state index in [1.807, 2.05) is 60.3 Å². The molecule has 7 heteroatoms. The van der Waals surface area contributed by atoms with Crippen LogP contribution in [0.5, 0.6) is 0 Å². The van der Waals surface area contributed by atoms with Gasteiger partial charge in [0.2, 0.25) is 5.95 Å². The number of rotatable bonds is 4. The molecule has 0 saturated carbocycles. The number of anilines is 2. The molecule has 0 spiro atoms. The van der Waals surface area contributed by atoms with Crippen LogP contribution in [0.1, 0.15) is 23.2 Å². The minimum atomic E-state index is -0.326. The lowest BCUT2D eigenvalue weighted by Crippen LogP contribution is -2.23. The Bertz CT molecular complexity index is 1190. The lowest BCUT2D eigenvalue weighted by molar-refractivity contribution is 0.0390. The van der Waals surface area contributed by atoms with E-state index in [2.05, 4.69) is 38.6 Å². The van der Waals surface area contributed by atoms with E-state index in [0.29, 0.717) is 24.1 Å². The molecule has 2 aromatic heterocycles. The fourth-order valence-corrected chi connectivity index (χ4v) is 3.85. The molecule has 0 amide bonds. The topological polar surface area (TPSA) is 64.9 Å². The van der Waals surface area contributed by atoms with Crippen LogP contribution in [-0.4, -0.2) is 26.4 Å². The van der Waals surface area contributed by atoms with E-state index in [0.717, 1.165) is 33.9 Å². The summed E-state index contributed by atoms with van der Waals surface area (Å²) in [6.45, 7) is 3.21. The molecule has 1 N–H and O–H groups in total. The number of fused-ring (bicyclic) bond motifs is 1. The SMILES string of the molecule is Cc1cc(-c2ccc(Nc3nc4n(n3)CCOC4c3ccccc3Cl)cc2)ccn1. The molecule has 2 aromatic carbocycles. The van der Waals surface area contributed by atoms with E-state index in [1.54, 1.807) is 0 Å². The first-order valence-electron chi connectivity index (χ1n) is 9.78. The Morgan fingerprint density at radius 3 is 2.70 bits per heavy atom. The molecule has 30 heavy (non-hydrogen) atoms. The fourth-order valence-electron chi connectivity index (χ4n) is 3.61. The van der Waals surface area contributed by atoms with Crippen LogP contribution in [0.4, 0.5) is 11.6 Å². The van der Waals surface area contributed by atoms with Crippen LogP contribution in [0.3, 0.4) is 0 Å². The summed E-state index contributed by atoms with van der Waals surface area (Å²) in [7, 11) is 0. The second-order valence-corrected chi connectivity index (χ2v) is 7.58. The lowest BCUT2D eigenvalue weighted by atomic mass is 10.1. The van der Waals surface area contributed by atoms with E-state index in [9.17, 15) is 0 Å². The minimum absolute atomic E-state index is 0.326. The van der Waals surface area contributed by atoms with Gasteiger partial charge in [0, 0.05) is 28.2 Å². The zero-order chi connectivity index (χ0) is 20.5. The van der Waals surface area contributed by atoms with Crippen molar-refractivity contribution in [2.45, 2.75) is 19.6 Å². The summed E-state index contributed by atoms with van der Waals surface area (Å²) in [6, 6.07) is 19.9. The lowest BCUT2D eigenvalue weighted by Gasteiger charge is -2.23. The maximum atomic E-state index is 6.38. The number of aryl methyl sites for hydroxylation is 1. The summed E-state index contributed by atoms with van der Waals surface area (Å²) in [5.74, 6) is 1.29. The molecule has 3 heterocycles. The first kappa shape index (κ1) is 18.8. The normalized spacial score (nSPS) is 15.6. The molecule has 0 bridgehead atoms. The fraction of sp³-hybridized carbons (Fsp3) is 0.174. The predicted molar refractivity (Wildman–Crippen MR) is 117 cm³/mol. The number of pyridine rings is 1. The highest BCUT2D eigenvalue weighted by Gasteiger charge is 2.28. The van der Waals surface area contributed by atoms with Crippen molar-refractivity contribution in [3.05, 3.63) is 89.0 Å². The Labute approximate surface area is 179 Å². The highest BCUT2D eigenvalue weighted by molar-refractivity contribution is 6.31. The molecule has 1 aliphatic rings. The van der Waals surface area contributed by atoms with Gasteiger partial charge in [0.15, 0.2) is 5.82 Å². The largest absolute Gasteiger partial charge is 0.363 e. The summed E-state index contributed by atoms with van der Waals surface area (Å²) in [5.41, 5.74) is 5.09. The molecule has 6 nitrogen and oxygen atoms in total. The van der Waals surface area contributed by atoms with Crippen molar-refractivity contribution in [1.29, 1.82) is 0 Å². The molecule has 0 radical (unpaired) electrons. The highest BCUT2D eigenvalue weighted by atomic mass is 35.5. The average Bonchev–Trinajstić information content (AvgIpc) is 3.17. The van der Waals surface area contributed by atoms with Gasteiger partial charge in [0.1, 0.15) is 6.10 Å². The van der Waals surface area contributed by atoms with Crippen molar-refractivity contribution >= 4 is 23.2 Å². The number of ether oxygens (including phenoxy) is 1. The van der Waals surface area contributed by atoms with Crippen molar-refractivity contribution in [2.75, 3.05) is 11.9 Å². The molecule has 0 aliphatic carbocycles. The summed E-state index contributed by atoms with van der Waals surface area (Å²) in [4.78, 5) is 8.94.